The van der Waals surface area contributed by atoms with E-state index >= 15 is 0 Å². The number of aromatic nitrogens is 2. The van der Waals surface area contributed by atoms with Crippen molar-refractivity contribution < 1.29 is 4.79 Å². The fourth-order valence-electron chi connectivity index (χ4n) is 2.08. The third kappa shape index (κ3) is 3.16. The third-order valence-corrected chi connectivity index (χ3v) is 3.24. The Morgan fingerprint density at radius 1 is 1.33 bits per heavy atom. The van der Waals surface area contributed by atoms with Crippen LogP contribution in [0.15, 0.2) is 34.2 Å². The number of carbonyl (C=O) groups is 1. The van der Waals surface area contributed by atoms with Gasteiger partial charge in [0.2, 0.25) is 0 Å². The Hall–Kier alpha value is -2.50. The summed E-state index contributed by atoms with van der Waals surface area (Å²) in [7, 11) is 0. The van der Waals surface area contributed by atoms with Gasteiger partial charge in [0, 0.05) is 11.1 Å². The fraction of sp³-hybridized carbons (Fsp3) is 0.333. The summed E-state index contributed by atoms with van der Waals surface area (Å²) in [6.45, 7) is 6.02. The number of benzene rings is 1. The number of rotatable bonds is 4. The normalized spacial score (nSPS) is 11.9. The Bertz CT molecular complexity index is 747. The van der Waals surface area contributed by atoms with E-state index in [1.165, 1.54) is 0 Å². The molecule has 6 heteroatoms. The molecule has 0 bridgehead atoms. The summed E-state index contributed by atoms with van der Waals surface area (Å²) in [6.07, 6.45) is 0.762. The molecular formula is C15H18N4O2. The second-order valence-corrected chi connectivity index (χ2v) is 5.00. The highest BCUT2D eigenvalue weighted by Gasteiger charge is 2.13. The minimum Gasteiger partial charge on any atom is -0.267 e. The molecule has 1 aromatic carbocycles. The maximum absolute atomic E-state index is 12.2. The number of hydrogen-bond donors (Lipinski definition) is 2. The number of carbonyl (C=O) groups excluding carboxylic acids is 1. The summed E-state index contributed by atoms with van der Waals surface area (Å²) in [5.74, 6) is -0.176. The van der Waals surface area contributed by atoms with E-state index in [2.05, 4.69) is 20.7 Å². The van der Waals surface area contributed by atoms with Gasteiger partial charge in [-0.2, -0.15) is 10.2 Å². The first-order chi connectivity index (χ1) is 10.0. The molecule has 0 aliphatic carbocycles. The van der Waals surface area contributed by atoms with Gasteiger partial charge < -0.3 is 0 Å². The number of fused-ring (bicyclic) bond motifs is 1. The molecule has 0 unspecified atom stereocenters. The minimum absolute atomic E-state index is 0.160. The Morgan fingerprint density at radius 3 is 2.62 bits per heavy atom. The van der Waals surface area contributed by atoms with E-state index in [-0.39, 0.29) is 17.2 Å². The first-order valence-corrected chi connectivity index (χ1v) is 6.88. The second kappa shape index (κ2) is 6.30. The van der Waals surface area contributed by atoms with Crippen LogP contribution in [0.5, 0.6) is 0 Å². The molecule has 2 rings (SSSR count). The lowest BCUT2D eigenvalue weighted by atomic mass is 10.1. The van der Waals surface area contributed by atoms with Crippen molar-refractivity contribution in [3.63, 3.8) is 0 Å². The highest BCUT2D eigenvalue weighted by molar-refractivity contribution is 6.05. The van der Waals surface area contributed by atoms with Crippen molar-refractivity contribution in [3.05, 3.63) is 40.3 Å². The van der Waals surface area contributed by atoms with Gasteiger partial charge >= 0.3 is 0 Å². The van der Waals surface area contributed by atoms with Crippen LogP contribution < -0.4 is 11.0 Å². The van der Waals surface area contributed by atoms with Crippen LogP contribution >= 0.6 is 0 Å². The summed E-state index contributed by atoms with van der Waals surface area (Å²) in [6, 6.07) is 6.85. The molecule has 110 valence electrons. The van der Waals surface area contributed by atoms with E-state index in [1.807, 2.05) is 20.8 Å². The number of H-pyrrole nitrogens is 1. The van der Waals surface area contributed by atoms with Crippen LogP contribution in [0, 0.1) is 5.92 Å². The Balaban J connectivity index is 2.37. The molecule has 2 N–H and O–H groups in total. The van der Waals surface area contributed by atoms with E-state index in [4.69, 9.17) is 0 Å². The topological polar surface area (TPSA) is 87.2 Å². The SMILES string of the molecule is CC/C(=N/NC(=O)c1n[nH]c(=O)c2ccccc12)C(C)C. The van der Waals surface area contributed by atoms with Crippen LogP contribution in [0.4, 0.5) is 0 Å². The molecule has 0 saturated carbocycles. The van der Waals surface area contributed by atoms with Crippen LogP contribution in [-0.4, -0.2) is 21.8 Å². The maximum atomic E-state index is 12.2. The van der Waals surface area contributed by atoms with Crippen molar-refractivity contribution in [2.75, 3.05) is 0 Å². The molecule has 0 saturated heterocycles. The summed E-state index contributed by atoms with van der Waals surface area (Å²) in [5, 5.41) is 11.2. The van der Waals surface area contributed by atoms with Crippen molar-refractivity contribution in [1.82, 2.24) is 15.6 Å². The molecule has 2 aromatic rings. The molecule has 1 amide bonds. The van der Waals surface area contributed by atoms with Crippen molar-refractivity contribution in [2.45, 2.75) is 27.2 Å². The van der Waals surface area contributed by atoms with Crippen molar-refractivity contribution in [3.8, 4) is 0 Å². The molecule has 1 aromatic heterocycles. The van der Waals surface area contributed by atoms with E-state index in [9.17, 15) is 9.59 Å². The van der Waals surface area contributed by atoms with Gasteiger partial charge in [-0.3, -0.25) is 9.59 Å². The number of hydrazone groups is 1. The van der Waals surface area contributed by atoms with Gasteiger partial charge in [-0.1, -0.05) is 39.0 Å². The van der Waals surface area contributed by atoms with Crippen molar-refractivity contribution >= 4 is 22.4 Å². The molecule has 0 atom stereocenters. The van der Waals surface area contributed by atoms with E-state index in [0.29, 0.717) is 10.8 Å². The molecule has 6 nitrogen and oxygen atoms in total. The van der Waals surface area contributed by atoms with Crippen LogP contribution in [-0.2, 0) is 0 Å². The van der Waals surface area contributed by atoms with E-state index in [1.54, 1.807) is 24.3 Å². The van der Waals surface area contributed by atoms with Gasteiger partial charge in [-0.25, -0.2) is 10.5 Å². The number of hydrogen-bond acceptors (Lipinski definition) is 4. The first-order valence-electron chi connectivity index (χ1n) is 6.88. The van der Waals surface area contributed by atoms with Gasteiger partial charge in [-0.15, -0.1) is 0 Å². The molecule has 21 heavy (non-hydrogen) atoms. The molecule has 1 heterocycles. The average molecular weight is 286 g/mol. The van der Waals surface area contributed by atoms with Gasteiger partial charge in [0.25, 0.3) is 11.5 Å². The quantitative estimate of drug-likeness (QED) is 0.666. The maximum Gasteiger partial charge on any atom is 0.292 e. The highest BCUT2D eigenvalue weighted by atomic mass is 16.2. The lowest BCUT2D eigenvalue weighted by Crippen LogP contribution is -2.24. The summed E-state index contributed by atoms with van der Waals surface area (Å²) < 4.78 is 0. The predicted molar refractivity (Wildman–Crippen MR) is 82.4 cm³/mol. The Morgan fingerprint density at radius 2 is 2.00 bits per heavy atom. The largest absolute Gasteiger partial charge is 0.292 e. The highest BCUT2D eigenvalue weighted by Crippen LogP contribution is 2.12. The molecule has 0 fully saturated rings. The fourth-order valence-corrected chi connectivity index (χ4v) is 2.08. The number of nitrogens with one attached hydrogen (secondary N) is 2. The summed E-state index contributed by atoms with van der Waals surface area (Å²) >= 11 is 0. The van der Waals surface area contributed by atoms with Gasteiger partial charge in [0.05, 0.1) is 5.39 Å². The van der Waals surface area contributed by atoms with Gasteiger partial charge in [-0.05, 0) is 18.4 Å². The smallest absolute Gasteiger partial charge is 0.267 e. The summed E-state index contributed by atoms with van der Waals surface area (Å²) in [4.78, 5) is 23.9. The van der Waals surface area contributed by atoms with Gasteiger partial charge in [0.15, 0.2) is 5.69 Å². The van der Waals surface area contributed by atoms with E-state index < -0.39 is 5.91 Å². The van der Waals surface area contributed by atoms with Crippen LogP contribution in [0.2, 0.25) is 0 Å². The lowest BCUT2D eigenvalue weighted by molar-refractivity contribution is 0.0950. The summed E-state index contributed by atoms with van der Waals surface area (Å²) in [5.41, 5.74) is 3.25. The Labute approximate surface area is 122 Å². The molecule has 0 spiro atoms. The zero-order chi connectivity index (χ0) is 15.4. The minimum atomic E-state index is -0.436. The van der Waals surface area contributed by atoms with Crippen molar-refractivity contribution in [2.24, 2.45) is 11.0 Å². The third-order valence-electron chi connectivity index (χ3n) is 3.24. The van der Waals surface area contributed by atoms with E-state index in [0.717, 1.165) is 12.1 Å². The Kier molecular flexibility index (Phi) is 4.47. The number of nitrogens with zero attached hydrogens (tertiary/aromatic N) is 2. The second-order valence-electron chi connectivity index (χ2n) is 5.00. The number of aromatic amines is 1. The first kappa shape index (κ1) is 14.9. The van der Waals surface area contributed by atoms with Gasteiger partial charge in [0.1, 0.15) is 0 Å². The molecule has 0 aliphatic rings. The molecule has 0 radical (unpaired) electrons. The predicted octanol–water partition coefficient (Wildman–Crippen LogP) is 2.07. The van der Waals surface area contributed by atoms with Crippen LogP contribution in [0.3, 0.4) is 0 Å². The van der Waals surface area contributed by atoms with Crippen LogP contribution in [0.25, 0.3) is 10.8 Å². The monoisotopic (exact) mass is 286 g/mol. The van der Waals surface area contributed by atoms with Crippen LogP contribution in [0.1, 0.15) is 37.7 Å². The van der Waals surface area contributed by atoms with Crippen molar-refractivity contribution in [1.29, 1.82) is 0 Å². The standard InChI is InChI=1S/C15H18N4O2/c1-4-12(9(2)3)16-19-15(21)13-10-7-5-6-8-11(10)14(20)18-17-13/h5-9H,4H2,1-3H3,(H,18,20)(H,19,21)/b16-12-. The lowest BCUT2D eigenvalue weighted by Gasteiger charge is -2.08. The number of amides is 1. The zero-order valence-electron chi connectivity index (χ0n) is 12.3. The zero-order valence-corrected chi connectivity index (χ0v) is 12.3. The average Bonchev–Trinajstić information content (AvgIpc) is 2.48. The molecule has 0 aliphatic heterocycles. The molecular weight excluding hydrogens is 268 g/mol.